The second-order valence-electron chi connectivity index (χ2n) is 6.69. The molecule has 0 aromatic heterocycles. The molecule has 3 aliphatic rings. The summed E-state index contributed by atoms with van der Waals surface area (Å²) >= 11 is 0. The molecule has 0 spiro atoms. The van der Waals surface area contributed by atoms with Crippen LogP contribution >= 0.6 is 0 Å². The van der Waals surface area contributed by atoms with E-state index in [-0.39, 0.29) is 24.3 Å². The molecule has 0 bridgehead atoms. The fourth-order valence-electron chi connectivity index (χ4n) is 3.37. The fourth-order valence-corrected chi connectivity index (χ4v) is 3.37. The summed E-state index contributed by atoms with van der Waals surface area (Å²) in [5, 5.41) is 2.29. The van der Waals surface area contributed by atoms with Crippen molar-refractivity contribution in [1.82, 2.24) is 10.2 Å². The number of amides is 3. The Morgan fingerprint density at radius 2 is 2.09 bits per heavy atom. The largest absolute Gasteiger partial charge is 0.444 e. The molecule has 6 heteroatoms. The highest BCUT2D eigenvalue weighted by Crippen LogP contribution is 2.32. The summed E-state index contributed by atoms with van der Waals surface area (Å²) in [7, 11) is 0. The number of hydrogen-bond donors (Lipinski definition) is 1. The zero-order valence-corrected chi connectivity index (χ0v) is 13.5. The van der Waals surface area contributed by atoms with E-state index in [1.165, 1.54) is 10.5 Å². The molecule has 0 saturated carbocycles. The van der Waals surface area contributed by atoms with E-state index in [0.717, 1.165) is 6.42 Å². The van der Waals surface area contributed by atoms with Crippen molar-refractivity contribution in [2.24, 2.45) is 11.8 Å². The Balaban J connectivity index is 1.66. The standard InChI is InChI=1S/C17H22N2O4/c1-10(2)11-4-3-5-12(8-11)14-9-19(17(22)23-14)13-6-7-15(20)18-16(13)21/h3-5,10,12-14H,6-9H2,1-2H3,(H,18,20,21)/t12?,13?,14-/m0/s1. The van der Waals surface area contributed by atoms with Gasteiger partial charge in [0.1, 0.15) is 12.1 Å². The third-order valence-corrected chi connectivity index (χ3v) is 4.81. The van der Waals surface area contributed by atoms with E-state index >= 15 is 0 Å². The molecule has 2 heterocycles. The van der Waals surface area contributed by atoms with E-state index < -0.39 is 18.0 Å². The highest BCUT2D eigenvalue weighted by Gasteiger charge is 2.43. The first-order valence-corrected chi connectivity index (χ1v) is 8.14. The van der Waals surface area contributed by atoms with E-state index in [2.05, 4.69) is 31.3 Å². The Morgan fingerprint density at radius 1 is 1.30 bits per heavy atom. The van der Waals surface area contributed by atoms with E-state index in [0.29, 0.717) is 18.9 Å². The maximum absolute atomic E-state index is 12.2. The molecular weight excluding hydrogens is 296 g/mol. The van der Waals surface area contributed by atoms with Gasteiger partial charge in [-0.1, -0.05) is 37.6 Å². The molecule has 3 atom stereocenters. The van der Waals surface area contributed by atoms with Gasteiger partial charge in [0.15, 0.2) is 0 Å². The van der Waals surface area contributed by atoms with Gasteiger partial charge in [-0.2, -0.15) is 0 Å². The van der Waals surface area contributed by atoms with Crippen LogP contribution in [0.4, 0.5) is 4.79 Å². The second-order valence-corrected chi connectivity index (χ2v) is 6.69. The van der Waals surface area contributed by atoms with Gasteiger partial charge in [-0.05, 0) is 18.8 Å². The number of nitrogens with one attached hydrogen (secondary N) is 1. The molecule has 2 fully saturated rings. The number of carbonyl (C=O) groups is 3. The van der Waals surface area contributed by atoms with Crippen molar-refractivity contribution in [1.29, 1.82) is 0 Å². The lowest BCUT2D eigenvalue weighted by Gasteiger charge is -2.28. The number of cyclic esters (lactones) is 1. The minimum Gasteiger partial charge on any atom is -0.444 e. The van der Waals surface area contributed by atoms with E-state index in [9.17, 15) is 14.4 Å². The molecule has 1 N–H and O–H groups in total. The highest BCUT2D eigenvalue weighted by atomic mass is 16.6. The minimum atomic E-state index is -0.599. The van der Waals surface area contributed by atoms with Crippen LogP contribution in [-0.4, -0.2) is 41.5 Å². The highest BCUT2D eigenvalue weighted by molar-refractivity contribution is 6.01. The molecule has 2 aliphatic heterocycles. The number of hydrogen-bond acceptors (Lipinski definition) is 4. The van der Waals surface area contributed by atoms with Crippen LogP contribution in [-0.2, 0) is 14.3 Å². The van der Waals surface area contributed by atoms with Crippen molar-refractivity contribution in [3.8, 4) is 0 Å². The zero-order chi connectivity index (χ0) is 16.6. The lowest BCUT2D eigenvalue weighted by molar-refractivity contribution is -0.136. The molecule has 2 saturated heterocycles. The third kappa shape index (κ3) is 3.16. The van der Waals surface area contributed by atoms with Gasteiger partial charge in [-0.3, -0.25) is 19.8 Å². The molecule has 2 unspecified atom stereocenters. The molecule has 0 aromatic carbocycles. The maximum atomic E-state index is 12.2. The Labute approximate surface area is 135 Å². The van der Waals surface area contributed by atoms with Crippen molar-refractivity contribution < 1.29 is 19.1 Å². The van der Waals surface area contributed by atoms with Crippen LogP contribution in [0.25, 0.3) is 0 Å². The monoisotopic (exact) mass is 318 g/mol. The average molecular weight is 318 g/mol. The van der Waals surface area contributed by atoms with Crippen LogP contribution in [0.15, 0.2) is 23.8 Å². The first-order chi connectivity index (χ1) is 11.0. The Bertz CT molecular complexity index is 593. The molecule has 0 aromatic rings. The van der Waals surface area contributed by atoms with Gasteiger partial charge in [-0.25, -0.2) is 4.79 Å². The molecule has 124 valence electrons. The van der Waals surface area contributed by atoms with Crippen molar-refractivity contribution in [2.45, 2.75) is 45.3 Å². The normalized spacial score (nSPS) is 31.3. The molecule has 6 nitrogen and oxygen atoms in total. The Hall–Kier alpha value is -2.11. The minimum absolute atomic E-state index is 0.139. The number of allylic oxidation sites excluding steroid dienone is 3. The summed E-state index contributed by atoms with van der Waals surface area (Å²) in [6.45, 7) is 4.70. The van der Waals surface area contributed by atoms with Gasteiger partial charge < -0.3 is 4.74 Å². The molecule has 3 amide bonds. The summed E-state index contributed by atoms with van der Waals surface area (Å²) < 4.78 is 5.51. The van der Waals surface area contributed by atoms with Gasteiger partial charge in [0.25, 0.3) is 0 Å². The van der Waals surface area contributed by atoms with Crippen molar-refractivity contribution in [3.63, 3.8) is 0 Å². The quantitative estimate of drug-likeness (QED) is 0.805. The lowest BCUT2D eigenvalue weighted by Crippen LogP contribution is -2.53. The number of piperidine rings is 1. The van der Waals surface area contributed by atoms with Crippen LogP contribution in [0.5, 0.6) is 0 Å². The summed E-state index contributed by atoms with van der Waals surface area (Å²) in [4.78, 5) is 36.8. The summed E-state index contributed by atoms with van der Waals surface area (Å²) in [6.07, 6.45) is 7.00. The zero-order valence-electron chi connectivity index (χ0n) is 13.5. The first kappa shape index (κ1) is 15.8. The fraction of sp³-hybridized carbons (Fsp3) is 0.588. The summed E-state index contributed by atoms with van der Waals surface area (Å²) in [6, 6.07) is -0.599. The van der Waals surface area contributed by atoms with Crippen LogP contribution in [0.1, 0.15) is 33.1 Å². The van der Waals surface area contributed by atoms with Crippen molar-refractivity contribution in [3.05, 3.63) is 23.8 Å². The van der Waals surface area contributed by atoms with E-state index in [4.69, 9.17) is 4.74 Å². The Morgan fingerprint density at radius 3 is 2.78 bits per heavy atom. The first-order valence-electron chi connectivity index (χ1n) is 8.14. The van der Waals surface area contributed by atoms with Gasteiger partial charge in [0.05, 0.1) is 6.54 Å². The van der Waals surface area contributed by atoms with Gasteiger partial charge >= 0.3 is 6.09 Å². The Kier molecular flexibility index (Phi) is 4.24. The topological polar surface area (TPSA) is 75.7 Å². The van der Waals surface area contributed by atoms with Crippen molar-refractivity contribution >= 4 is 17.9 Å². The van der Waals surface area contributed by atoms with Crippen LogP contribution in [0.2, 0.25) is 0 Å². The van der Waals surface area contributed by atoms with Gasteiger partial charge in [0, 0.05) is 12.3 Å². The van der Waals surface area contributed by atoms with Crippen LogP contribution in [0, 0.1) is 11.8 Å². The molecular formula is C17H22N2O4. The maximum Gasteiger partial charge on any atom is 0.410 e. The molecule has 3 rings (SSSR count). The summed E-state index contributed by atoms with van der Waals surface area (Å²) in [5.74, 6) is -0.0801. The number of imide groups is 1. The lowest BCUT2D eigenvalue weighted by atomic mass is 9.85. The van der Waals surface area contributed by atoms with Crippen molar-refractivity contribution in [2.75, 3.05) is 6.54 Å². The van der Waals surface area contributed by atoms with Gasteiger partial charge in [-0.15, -0.1) is 0 Å². The third-order valence-electron chi connectivity index (χ3n) is 4.81. The molecule has 23 heavy (non-hydrogen) atoms. The number of carbonyl (C=O) groups excluding carboxylic acids is 3. The van der Waals surface area contributed by atoms with Gasteiger partial charge in [0.2, 0.25) is 11.8 Å². The van der Waals surface area contributed by atoms with E-state index in [1.54, 1.807) is 0 Å². The SMILES string of the molecule is CC(C)C1=CC=CC([C@@H]2CN(C3CCC(=O)NC3=O)C(=O)O2)C1. The van der Waals surface area contributed by atoms with Crippen LogP contribution in [0.3, 0.4) is 0 Å². The smallest absolute Gasteiger partial charge is 0.410 e. The number of rotatable bonds is 3. The number of ether oxygens (including phenoxy) is 1. The van der Waals surface area contributed by atoms with E-state index in [1.807, 2.05) is 6.08 Å². The molecule has 1 aliphatic carbocycles. The number of nitrogens with zero attached hydrogens (tertiary/aromatic N) is 1. The predicted molar refractivity (Wildman–Crippen MR) is 83.3 cm³/mol. The molecule has 0 radical (unpaired) electrons. The summed E-state index contributed by atoms with van der Waals surface area (Å²) in [5.41, 5.74) is 1.34. The van der Waals surface area contributed by atoms with Crippen LogP contribution < -0.4 is 5.32 Å². The second kappa shape index (κ2) is 6.18. The average Bonchev–Trinajstić information content (AvgIpc) is 2.89. The predicted octanol–water partition coefficient (Wildman–Crippen LogP) is 1.77.